The molecule has 170 valence electrons. The van der Waals surface area contributed by atoms with Gasteiger partial charge in [-0.05, 0) is 61.7 Å². The molecule has 1 amide bonds. The van der Waals surface area contributed by atoms with E-state index in [9.17, 15) is 4.79 Å². The van der Waals surface area contributed by atoms with Gasteiger partial charge in [0.15, 0.2) is 11.5 Å². The third-order valence-electron chi connectivity index (χ3n) is 5.09. The first kappa shape index (κ1) is 24.4. The second-order valence-electron chi connectivity index (χ2n) is 7.21. The van der Waals surface area contributed by atoms with Crippen molar-refractivity contribution in [3.05, 3.63) is 56.9 Å². The van der Waals surface area contributed by atoms with Crippen molar-refractivity contribution in [1.82, 2.24) is 4.90 Å². The smallest absolute Gasteiger partial charge is 0.266 e. The van der Waals surface area contributed by atoms with Crippen molar-refractivity contribution < 1.29 is 19.0 Å². The summed E-state index contributed by atoms with van der Waals surface area (Å²) in [6.45, 7) is 7.51. The number of halogens is 1. The zero-order chi connectivity index (χ0) is 23.3. The normalized spacial score (nSPS) is 14.9. The molecule has 3 rings (SSSR count). The number of thiocarbonyl (C=S) groups is 1. The van der Waals surface area contributed by atoms with Crippen LogP contribution in [-0.2, 0) is 4.79 Å². The summed E-state index contributed by atoms with van der Waals surface area (Å²) < 4.78 is 17.8. The van der Waals surface area contributed by atoms with Crippen molar-refractivity contribution in [2.45, 2.75) is 27.2 Å². The maximum absolute atomic E-state index is 12.5. The van der Waals surface area contributed by atoms with Crippen molar-refractivity contribution in [3.63, 3.8) is 0 Å². The molecule has 0 spiro atoms. The summed E-state index contributed by atoms with van der Waals surface area (Å²) in [6, 6.07) is 9.57. The third-order valence-corrected chi connectivity index (χ3v) is 6.75. The lowest BCUT2D eigenvalue weighted by molar-refractivity contribution is -0.121. The van der Waals surface area contributed by atoms with E-state index >= 15 is 0 Å². The fourth-order valence-corrected chi connectivity index (χ4v) is 4.84. The number of amides is 1. The molecule has 32 heavy (non-hydrogen) atoms. The van der Waals surface area contributed by atoms with Gasteiger partial charge in [-0.2, -0.15) is 0 Å². The number of ether oxygens (including phenoxy) is 3. The van der Waals surface area contributed by atoms with Crippen LogP contribution in [-0.4, -0.2) is 42.0 Å². The number of hydrogen-bond acceptors (Lipinski definition) is 6. The Morgan fingerprint density at radius 1 is 1.16 bits per heavy atom. The Labute approximate surface area is 203 Å². The Morgan fingerprint density at radius 3 is 2.59 bits per heavy atom. The summed E-state index contributed by atoms with van der Waals surface area (Å²) in [4.78, 5) is 14.6. The molecule has 1 aliphatic heterocycles. The van der Waals surface area contributed by atoms with Gasteiger partial charge in [-0.3, -0.25) is 9.69 Å². The summed E-state index contributed by atoms with van der Waals surface area (Å²) in [5.74, 6) is 1.77. The minimum atomic E-state index is -0.0956. The van der Waals surface area contributed by atoms with E-state index in [0.717, 1.165) is 16.9 Å². The lowest BCUT2D eigenvalue weighted by Crippen LogP contribution is -2.27. The molecule has 0 saturated carbocycles. The van der Waals surface area contributed by atoms with Gasteiger partial charge >= 0.3 is 0 Å². The van der Waals surface area contributed by atoms with Crippen molar-refractivity contribution >= 4 is 51.9 Å². The van der Waals surface area contributed by atoms with E-state index in [4.69, 9.17) is 38.0 Å². The highest BCUT2D eigenvalue weighted by atomic mass is 35.5. The quantitative estimate of drug-likeness (QED) is 0.242. The second-order valence-corrected chi connectivity index (χ2v) is 9.29. The number of hydrogen-bond donors (Lipinski definition) is 0. The van der Waals surface area contributed by atoms with Gasteiger partial charge in [-0.1, -0.05) is 47.7 Å². The minimum Gasteiger partial charge on any atom is -0.493 e. The van der Waals surface area contributed by atoms with Crippen LogP contribution in [0.25, 0.3) is 6.08 Å². The zero-order valence-electron chi connectivity index (χ0n) is 18.6. The highest BCUT2D eigenvalue weighted by Gasteiger charge is 2.30. The largest absolute Gasteiger partial charge is 0.493 e. The van der Waals surface area contributed by atoms with E-state index in [1.807, 2.05) is 26.0 Å². The predicted molar refractivity (Wildman–Crippen MR) is 135 cm³/mol. The summed E-state index contributed by atoms with van der Waals surface area (Å²) in [7, 11) is 1.56. The van der Waals surface area contributed by atoms with E-state index in [-0.39, 0.29) is 5.91 Å². The standard InChI is InChI=1S/C24H26ClNO4S2/c1-5-26-23(27)21(32-24(26)31)14-17-12-18(25)22(20(13-17)28-4)30-11-7-10-29-19-9-6-8-15(2)16(19)3/h6,8-9,12-14H,5,7,10-11H2,1-4H3/b21-14-. The highest BCUT2D eigenvalue weighted by molar-refractivity contribution is 8.26. The second kappa shape index (κ2) is 11.1. The van der Waals surface area contributed by atoms with Crippen molar-refractivity contribution in [1.29, 1.82) is 0 Å². The maximum Gasteiger partial charge on any atom is 0.266 e. The van der Waals surface area contributed by atoms with E-state index in [1.165, 1.54) is 17.3 Å². The fourth-order valence-electron chi connectivity index (χ4n) is 3.18. The topological polar surface area (TPSA) is 48.0 Å². The molecular weight excluding hydrogens is 466 g/mol. The highest BCUT2D eigenvalue weighted by Crippen LogP contribution is 2.39. The maximum atomic E-state index is 12.5. The number of rotatable bonds is 9. The summed E-state index contributed by atoms with van der Waals surface area (Å²) in [5, 5.41) is 0.414. The molecular formula is C24H26ClNO4S2. The predicted octanol–water partition coefficient (Wildman–Crippen LogP) is 6.03. The Bertz CT molecular complexity index is 1050. The molecule has 8 heteroatoms. The SMILES string of the molecule is CCN1C(=O)/C(=C/c2cc(Cl)c(OCCCOc3cccc(C)c3C)c(OC)c2)SC1=S. The first-order valence-electron chi connectivity index (χ1n) is 10.3. The molecule has 0 unspecified atom stereocenters. The molecule has 1 heterocycles. The van der Waals surface area contributed by atoms with Gasteiger partial charge in [0.25, 0.3) is 5.91 Å². The number of carbonyl (C=O) groups is 1. The van der Waals surface area contributed by atoms with Gasteiger partial charge in [-0.15, -0.1) is 0 Å². The first-order valence-corrected chi connectivity index (χ1v) is 11.9. The van der Waals surface area contributed by atoms with Crippen molar-refractivity contribution in [2.75, 3.05) is 26.9 Å². The average Bonchev–Trinajstić information content (AvgIpc) is 3.03. The Kier molecular flexibility index (Phi) is 8.45. The van der Waals surface area contributed by atoms with Crippen LogP contribution < -0.4 is 14.2 Å². The number of carbonyl (C=O) groups excluding carboxylic acids is 1. The van der Waals surface area contributed by atoms with Crippen LogP contribution in [0.2, 0.25) is 5.02 Å². The van der Waals surface area contributed by atoms with E-state index in [0.29, 0.717) is 51.9 Å². The number of likely N-dealkylation sites (N-methyl/N-ethyl adjacent to an activating group) is 1. The molecule has 5 nitrogen and oxygen atoms in total. The molecule has 0 aromatic heterocycles. The van der Waals surface area contributed by atoms with Crippen LogP contribution in [0.1, 0.15) is 30.0 Å². The van der Waals surface area contributed by atoms with Crippen molar-refractivity contribution in [3.8, 4) is 17.2 Å². The fraction of sp³-hybridized carbons (Fsp3) is 0.333. The van der Waals surface area contributed by atoms with Gasteiger partial charge in [0.1, 0.15) is 10.1 Å². The van der Waals surface area contributed by atoms with Crippen LogP contribution in [0.3, 0.4) is 0 Å². The first-order chi connectivity index (χ1) is 15.3. The third kappa shape index (κ3) is 5.57. The minimum absolute atomic E-state index is 0.0956. The van der Waals surface area contributed by atoms with E-state index in [1.54, 1.807) is 30.2 Å². The van der Waals surface area contributed by atoms with Crippen LogP contribution >= 0.6 is 35.6 Å². The molecule has 1 saturated heterocycles. The lowest BCUT2D eigenvalue weighted by Gasteiger charge is -2.14. The van der Waals surface area contributed by atoms with Crippen LogP contribution in [0, 0.1) is 13.8 Å². The molecule has 0 atom stereocenters. The van der Waals surface area contributed by atoms with Crippen molar-refractivity contribution in [2.24, 2.45) is 0 Å². The molecule has 0 radical (unpaired) electrons. The van der Waals surface area contributed by atoms with Gasteiger partial charge < -0.3 is 14.2 Å². The van der Waals surface area contributed by atoms with Gasteiger partial charge in [0.2, 0.25) is 0 Å². The number of nitrogens with zero attached hydrogens (tertiary/aromatic N) is 1. The van der Waals surface area contributed by atoms with Crippen LogP contribution in [0.15, 0.2) is 35.2 Å². The number of benzene rings is 2. The molecule has 2 aromatic rings. The lowest BCUT2D eigenvalue weighted by atomic mass is 10.1. The van der Waals surface area contributed by atoms with Crippen LogP contribution in [0.4, 0.5) is 0 Å². The molecule has 1 fully saturated rings. The summed E-state index contributed by atoms with van der Waals surface area (Å²) in [6.07, 6.45) is 2.46. The monoisotopic (exact) mass is 491 g/mol. The number of aryl methyl sites for hydroxylation is 1. The number of thioether (sulfide) groups is 1. The zero-order valence-corrected chi connectivity index (χ0v) is 21.0. The van der Waals surface area contributed by atoms with Gasteiger partial charge in [0, 0.05) is 13.0 Å². The number of methoxy groups -OCH3 is 1. The molecule has 1 aliphatic rings. The Hall–Kier alpha value is -2.22. The summed E-state index contributed by atoms with van der Waals surface area (Å²) >= 11 is 13.0. The van der Waals surface area contributed by atoms with E-state index in [2.05, 4.69) is 13.0 Å². The molecule has 0 N–H and O–H groups in total. The Balaban J connectivity index is 1.63. The van der Waals surface area contributed by atoms with Gasteiger partial charge in [-0.25, -0.2) is 0 Å². The summed E-state index contributed by atoms with van der Waals surface area (Å²) in [5.41, 5.74) is 3.09. The molecule has 0 aliphatic carbocycles. The Morgan fingerprint density at radius 2 is 1.91 bits per heavy atom. The molecule has 0 bridgehead atoms. The van der Waals surface area contributed by atoms with E-state index < -0.39 is 0 Å². The molecule has 2 aromatic carbocycles. The average molecular weight is 492 g/mol. The van der Waals surface area contributed by atoms with Gasteiger partial charge in [0.05, 0.1) is 30.3 Å². The van der Waals surface area contributed by atoms with Crippen LogP contribution in [0.5, 0.6) is 17.2 Å².